The van der Waals surface area contributed by atoms with Gasteiger partial charge in [-0.25, -0.2) is 18.1 Å². The second-order valence-corrected chi connectivity index (χ2v) is 6.85. The molecule has 2 atom stereocenters. The summed E-state index contributed by atoms with van der Waals surface area (Å²) in [6.45, 7) is 2.81. The topological polar surface area (TPSA) is 97.1 Å². The van der Waals surface area contributed by atoms with Crippen LogP contribution < -0.4 is 15.8 Å². The van der Waals surface area contributed by atoms with Crippen LogP contribution in [0.3, 0.4) is 0 Å². The Kier molecular flexibility index (Phi) is 6.03. The Bertz CT molecular complexity index is 568. The Morgan fingerprint density at radius 3 is 2.90 bits per heavy atom. The number of anilines is 1. The summed E-state index contributed by atoms with van der Waals surface area (Å²) in [6.07, 6.45) is 2.81. The van der Waals surface area contributed by atoms with Crippen molar-refractivity contribution in [3.05, 3.63) is 17.3 Å². The summed E-state index contributed by atoms with van der Waals surface area (Å²) in [5, 5.41) is 3.51. The van der Waals surface area contributed by atoms with Gasteiger partial charge in [-0.15, -0.1) is 12.4 Å². The zero-order chi connectivity index (χ0) is 14.0. The van der Waals surface area contributed by atoms with E-state index >= 15 is 0 Å². The van der Waals surface area contributed by atoms with Gasteiger partial charge in [-0.2, -0.15) is 0 Å². The van der Waals surface area contributed by atoms with Crippen LogP contribution in [0.2, 0.25) is 5.02 Å². The Balaban J connectivity index is 0.00000200. The molecule has 2 rings (SSSR count). The van der Waals surface area contributed by atoms with E-state index < -0.39 is 10.0 Å². The summed E-state index contributed by atoms with van der Waals surface area (Å²) in [5.74, 6) is -0.0427. The number of sulfonamides is 1. The van der Waals surface area contributed by atoms with Gasteiger partial charge in [0, 0.05) is 18.3 Å². The van der Waals surface area contributed by atoms with Gasteiger partial charge in [-0.1, -0.05) is 11.6 Å². The molecular formula is C11H18Cl2N4O2S. The molecule has 6 nitrogen and oxygen atoms in total. The molecular weight excluding hydrogens is 323 g/mol. The number of nitrogens with zero attached hydrogens (tertiary/aromatic N) is 1. The maximum Gasteiger partial charge on any atom is 0.244 e. The first-order valence-electron chi connectivity index (χ1n) is 6.05. The van der Waals surface area contributed by atoms with Crippen LogP contribution >= 0.6 is 24.0 Å². The summed E-state index contributed by atoms with van der Waals surface area (Å²) in [7, 11) is -3.69. The molecule has 114 valence electrons. The fourth-order valence-electron chi connectivity index (χ4n) is 2.17. The average Bonchev–Trinajstić information content (AvgIpc) is 2.31. The third-order valence-corrected chi connectivity index (χ3v) is 4.84. The van der Waals surface area contributed by atoms with Crippen LogP contribution in [0.5, 0.6) is 0 Å². The molecule has 0 bridgehead atoms. The van der Waals surface area contributed by atoms with Crippen LogP contribution in [0, 0.1) is 0 Å². The van der Waals surface area contributed by atoms with Crippen molar-refractivity contribution in [2.45, 2.75) is 36.7 Å². The number of nitrogens with two attached hydrogens (primary N) is 1. The zero-order valence-electron chi connectivity index (χ0n) is 11.0. The predicted octanol–water partition coefficient (Wildman–Crippen LogP) is 1.16. The molecule has 20 heavy (non-hydrogen) atoms. The van der Waals surface area contributed by atoms with E-state index in [0.29, 0.717) is 0 Å². The van der Waals surface area contributed by atoms with Gasteiger partial charge in [-0.05, 0) is 32.4 Å². The van der Waals surface area contributed by atoms with E-state index in [0.717, 1.165) is 19.4 Å². The second kappa shape index (κ2) is 6.91. The Labute approximate surface area is 129 Å². The molecule has 0 radical (unpaired) electrons. The molecule has 9 heteroatoms. The summed E-state index contributed by atoms with van der Waals surface area (Å²) in [4.78, 5) is 3.70. The molecule has 1 aliphatic rings. The van der Waals surface area contributed by atoms with Gasteiger partial charge in [0.1, 0.15) is 10.7 Å². The lowest BCUT2D eigenvalue weighted by molar-refractivity contribution is 0.361. The third kappa shape index (κ3) is 4.20. The van der Waals surface area contributed by atoms with Crippen LogP contribution in [0.25, 0.3) is 0 Å². The Morgan fingerprint density at radius 1 is 1.55 bits per heavy atom. The summed E-state index contributed by atoms with van der Waals surface area (Å²) < 4.78 is 27.2. The fraction of sp³-hybridized carbons (Fsp3) is 0.545. The molecule has 1 aromatic heterocycles. The van der Waals surface area contributed by atoms with Crippen molar-refractivity contribution in [2.75, 3.05) is 12.3 Å². The summed E-state index contributed by atoms with van der Waals surface area (Å²) in [6, 6.07) is 1.51. The molecule has 1 fully saturated rings. The van der Waals surface area contributed by atoms with Crippen molar-refractivity contribution in [1.29, 1.82) is 0 Å². The average molecular weight is 341 g/mol. The van der Waals surface area contributed by atoms with Crippen molar-refractivity contribution >= 4 is 39.8 Å². The lowest BCUT2D eigenvalue weighted by atomic mass is 10.0. The van der Waals surface area contributed by atoms with Crippen LogP contribution in [0.1, 0.15) is 19.8 Å². The molecule has 0 aliphatic carbocycles. The van der Waals surface area contributed by atoms with Gasteiger partial charge in [0.2, 0.25) is 10.0 Å². The second-order valence-electron chi connectivity index (χ2n) is 4.73. The highest BCUT2D eigenvalue weighted by Gasteiger charge is 2.26. The minimum absolute atomic E-state index is 0. The van der Waals surface area contributed by atoms with Crippen LogP contribution in [0.4, 0.5) is 5.82 Å². The van der Waals surface area contributed by atoms with Crippen LogP contribution in [0.15, 0.2) is 17.2 Å². The van der Waals surface area contributed by atoms with E-state index in [9.17, 15) is 8.42 Å². The van der Waals surface area contributed by atoms with E-state index in [2.05, 4.69) is 15.0 Å². The normalized spacial score (nSPS) is 23.1. The van der Waals surface area contributed by atoms with E-state index in [-0.39, 0.29) is 40.2 Å². The molecule has 0 amide bonds. The van der Waals surface area contributed by atoms with Gasteiger partial charge < -0.3 is 11.1 Å². The van der Waals surface area contributed by atoms with E-state index in [1.54, 1.807) is 0 Å². The smallest absolute Gasteiger partial charge is 0.244 e. The van der Waals surface area contributed by atoms with Crippen LogP contribution in [-0.2, 0) is 10.0 Å². The molecule has 0 spiro atoms. The van der Waals surface area contributed by atoms with Crippen molar-refractivity contribution in [3.63, 3.8) is 0 Å². The van der Waals surface area contributed by atoms with E-state index in [4.69, 9.17) is 17.3 Å². The maximum absolute atomic E-state index is 12.3. The van der Waals surface area contributed by atoms with Gasteiger partial charge >= 0.3 is 0 Å². The van der Waals surface area contributed by atoms with E-state index in [1.807, 2.05) is 6.92 Å². The summed E-state index contributed by atoms with van der Waals surface area (Å²) >= 11 is 5.77. The Hall–Kier alpha value is -0.600. The number of pyridine rings is 1. The van der Waals surface area contributed by atoms with Crippen LogP contribution in [-0.4, -0.2) is 32.0 Å². The SMILES string of the molecule is CC1CC(NS(=O)(=O)c2cc(Cl)cnc2N)CCN1.Cl. The number of aromatic nitrogens is 1. The molecule has 2 unspecified atom stereocenters. The van der Waals surface area contributed by atoms with Gasteiger partial charge in [-0.3, -0.25) is 0 Å². The monoisotopic (exact) mass is 340 g/mol. The van der Waals surface area contributed by atoms with Gasteiger partial charge in [0.15, 0.2) is 0 Å². The minimum Gasteiger partial charge on any atom is -0.383 e. The number of nitrogens with one attached hydrogen (secondary N) is 2. The molecule has 1 aromatic rings. The molecule has 2 heterocycles. The molecule has 4 N–H and O–H groups in total. The maximum atomic E-state index is 12.3. The standard InChI is InChI=1S/C11H17ClN4O2S.ClH/c1-7-4-9(2-3-14-7)16-19(17,18)10-5-8(12)6-15-11(10)13;/h5-7,9,14,16H,2-4H2,1H3,(H2,13,15);1H. The van der Waals surface area contributed by atoms with Crippen molar-refractivity contribution in [1.82, 2.24) is 15.0 Å². The third-order valence-electron chi connectivity index (χ3n) is 3.08. The van der Waals surface area contributed by atoms with Gasteiger partial charge in [0.25, 0.3) is 0 Å². The number of halogens is 2. The zero-order valence-corrected chi connectivity index (χ0v) is 13.4. The van der Waals surface area contributed by atoms with Crippen molar-refractivity contribution in [2.24, 2.45) is 0 Å². The number of hydrogen-bond acceptors (Lipinski definition) is 5. The highest BCUT2D eigenvalue weighted by Crippen LogP contribution is 2.21. The molecule has 0 saturated carbocycles. The number of hydrogen-bond donors (Lipinski definition) is 3. The first-order chi connectivity index (χ1) is 8.88. The number of nitrogen functional groups attached to an aromatic ring is 1. The van der Waals surface area contributed by atoms with Crippen molar-refractivity contribution in [3.8, 4) is 0 Å². The van der Waals surface area contributed by atoms with E-state index in [1.165, 1.54) is 12.3 Å². The van der Waals surface area contributed by atoms with Gasteiger partial charge in [0.05, 0.1) is 5.02 Å². The largest absolute Gasteiger partial charge is 0.383 e. The summed E-state index contributed by atoms with van der Waals surface area (Å²) in [5.41, 5.74) is 5.61. The quantitative estimate of drug-likeness (QED) is 0.766. The minimum atomic E-state index is -3.69. The highest BCUT2D eigenvalue weighted by atomic mass is 35.5. The first kappa shape index (κ1) is 17.5. The Morgan fingerprint density at radius 2 is 2.25 bits per heavy atom. The molecule has 0 aromatic carbocycles. The number of rotatable bonds is 3. The first-order valence-corrected chi connectivity index (χ1v) is 7.91. The predicted molar refractivity (Wildman–Crippen MR) is 81.7 cm³/mol. The molecule has 1 aliphatic heterocycles. The lowest BCUT2D eigenvalue weighted by Crippen LogP contribution is -2.46. The lowest BCUT2D eigenvalue weighted by Gasteiger charge is -2.28. The fourth-order valence-corrected chi connectivity index (χ4v) is 3.78. The molecule has 1 saturated heterocycles. The highest BCUT2D eigenvalue weighted by molar-refractivity contribution is 7.89. The van der Waals surface area contributed by atoms with Crippen molar-refractivity contribution < 1.29 is 8.42 Å². The number of piperidine rings is 1.